The number of sulfonamides is 1. The van der Waals surface area contributed by atoms with Crippen LogP contribution in [-0.4, -0.2) is 37.5 Å². The van der Waals surface area contributed by atoms with E-state index in [2.05, 4.69) is 5.32 Å². The number of nitrogens with zero attached hydrogens (tertiary/aromatic N) is 1. The first-order valence-electron chi connectivity index (χ1n) is 11.0. The molecule has 10 heteroatoms. The first-order valence-corrected chi connectivity index (χ1v) is 12.9. The van der Waals surface area contributed by atoms with E-state index in [0.29, 0.717) is 30.0 Å². The SMILES string of the molecule is O=C(Nc1ccc2c(c1)OC1(CCCC1)O2)C1CCN(S(=O)(=O)c2ccc(F)c(Cl)c2)CC1. The molecular formula is C23H24ClFN2O5S. The Morgan fingerprint density at radius 2 is 1.76 bits per heavy atom. The Morgan fingerprint density at radius 3 is 2.45 bits per heavy atom. The lowest BCUT2D eigenvalue weighted by atomic mass is 9.97. The van der Waals surface area contributed by atoms with Crippen LogP contribution < -0.4 is 14.8 Å². The molecule has 1 amide bonds. The maximum Gasteiger partial charge on any atom is 0.251 e. The maximum atomic E-state index is 13.4. The number of ether oxygens (including phenoxy) is 2. The van der Waals surface area contributed by atoms with Crippen molar-refractivity contribution in [1.82, 2.24) is 4.31 Å². The first kappa shape index (κ1) is 22.4. The van der Waals surface area contributed by atoms with E-state index in [1.807, 2.05) is 0 Å². The number of anilines is 1. The number of rotatable bonds is 4. The van der Waals surface area contributed by atoms with Crippen LogP contribution in [0.5, 0.6) is 11.5 Å². The Balaban J connectivity index is 1.20. The molecule has 1 saturated heterocycles. The number of hydrogen-bond donors (Lipinski definition) is 1. The molecule has 0 radical (unpaired) electrons. The lowest BCUT2D eigenvalue weighted by molar-refractivity contribution is -0.120. The molecule has 0 unspecified atom stereocenters. The Bertz CT molecular complexity index is 1190. The third-order valence-electron chi connectivity index (χ3n) is 6.52. The lowest BCUT2D eigenvalue weighted by Crippen LogP contribution is -2.41. The molecule has 2 heterocycles. The van der Waals surface area contributed by atoms with Crippen LogP contribution in [0.2, 0.25) is 5.02 Å². The highest BCUT2D eigenvalue weighted by molar-refractivity contribution is 7.89. The van der Waals surface area contributed by atoms with E-state index >= 15 is 0 Å². The van der Waals surface area contributed by atoms with Crippen molar-refractivity contribution in [1.29, 1.82) is 0 Å². The molecule has 2 aliphatic heterocycles. The van der Waals surface area contributed by atoms with Crippen LogP contribution >= 0.6 is 11.6 Å². The number of piperidine rings is 1. The van der Waals surface area contributed by atoms with Crippen LogP contribution in [-0.2, 0) is 14.8 Å². The van der Waals surface area contributed by atoms with E-state index in [4.69, 9.17) is 21.1 Å². The Hall–Kier alpha value is -2.36. The summed E-state index contributed by atoms with van der Waals surface area (Å²) in [6, 6.07) is 8.71. The van der Waals surface area contributed by atoms with Gasteiger partial charge in [-0.3, -0.25) is 4.79 Å². The van der Waals surface area contributed by atoms with Gasteiger partial charge in [0.15, 0.2) is 11.5 Å². The van der Waals surface area contributed by atoms with Crippen molar-refractivity contribution in [3.63, 3.8) is 0 Å². The van der Waals surface area contributed by atoms with Gasteiger partial charge in [-0.25, -0.2) is 12.8 Å². The molecule has 2 aromatic carbocycles. The zero-order valence-electron chi connectivity index (χ0n) is 17.9. The van der Waals surface area contributed by atoms with E-state index in [1.54, 1.807) is 18.2 Å². The maximum absolute atomic E-state index is 13.4. The van der Waals surface area contributed by atoms with Gasteiger partial charge in [-0.2, -0.15) is 4.31 Å². The van der Waals surface area contributed by atoms with Crippen molar-refractivity contribution in [2.24, 2.45) is 5.92 Å². The second-order valence-electron chi connectivity index (χ2n) is 8.73. The Labute approximate surface area is 196 Å². The largest absolute Gasteiger partial charge is 0.448 e. The normalized spacial score (nSPS) is 20.3. The summed E-state index contributed by atoms with van der Waals surface area (Å²) in [6.07, 6.45) is 4.62. The molecular weight excluding hydrogens is 471 g/mol. The summed E-state index contributed by atoms with van der Waals surface area (Å²) in [5, 5.41) is 2.68. The minimum absolute atomic E-state index is 0.0582. The van der Waals surface area contributed by atoms with Crippen LogP contribution in [0.15, 0.2) is 41.3 Å². The summed E-state index contributed by atoms with van der Waals surface area (Å²) in [4.78, 5) is 12.8. The Kier molecular flexibility index (Phi) is 5.74. The third kappa shape index (κ3) is 4.29. The van der Waals surface area contributed by atoms with Crippen LogP contribution in [0, 0.1) is 11.7 Å². The monoisotopic (exact) mass is 494 g/mol. The van der Waals surface area contributed by atoms with Crippen LogP contribution in [0.4, 0.5) is 10.1 Å². The van der Waals surface area contributed by atoms with Crippen LogP contribution in [0.1, 0.15) is 38.5 Å². The summed E-state index contributed by atoms with van der Waals surface area (Å²) in [5.74, 6) is -0.389. The van der Waals surface area contributed by atoms with Crippen molar-refractivity contribution < 1.29 is 27.1 Å². The summed E-state index contributed by atoms with van der Waals surface area (Å²) in [5.41, 5.74) is 0.619. The molecule has 2 aromatic rings. The smallest absolute Gasteiger partial charge is 0.251 e. The molecule has 0 aromatic heterocycles. The second kappa shape index (κ2) is 8.45. The molecule has 1 saturated carbocycles. The summed E-state index contributed by atoms with van der Waals surface area (Å²) >= 11 is 5.74. The van der Waals surface area contributed by atoms with Crippen LogP contribution in [0.3, 0.4) is 0 Å². The standard InChI is InChI=1S/C23H24ClFN2O5S/c24-18-14-17(4-5-19(18)25)33(29,30)27-11-7-15(8-12-27)22(28)26-16-3-6-20-21(13-16)32-23(31-20)9-1-2-10-23/h3-6,13-15H,1-2,7-12H2,(H,26,28). The van der Waals surface area contributed by atoms with E-state index < -0.39 is 21.6 Å². The predicted molar refractivity (Wildman–Crippen MR) is 120 cm³/mol. The number of amides is 1. The van der Waals surface area contributed by atoms with Gasteiger partial charge < -0.3 is 14.8 Å². The average Bonchev–Trinajstić information content (AvgIpc) is 3.40. The van der Waals surface area contributed by atoms with E-state index in [9.17, 15) is 17.6 Å². The zero-order valence-corrected chi connectivity index (χ0v) is 19.4. The van der Waals surface area contributed by atoms with Crippen molar-refractivity contribution >= 4 is 33.2 Å². The number of carbonyl (C=O) groups is 1. The third-order valence-corrected chi connectivity index (χ3v) is 8.71. The van der Waals surface area contributed by atoms with Gasteiger partial charge in [-0.1, -0.05) is 11.6 Å². The zero-order chi connectivity index (χ0) is 23.2. The predicted octanol–water partition coefficient (Wildman–Crippen LogP) is 4.56. The summed E-state index contributed by atoms with van der Waals surface area (Å²) in [7, 11) is -3.81. The van der Waals surface area contributed by atoms with Gasteiger partial charge in [0.2, 0.25) is 15.9 Å². The molecule has 0 bridgehead atoms. The van der Waals surface area contributed by atoms with E-state index in [1.165, 1.54) is 10.4 Å². The van der Waals surface area contributed by atoms with Gasteiger partial charge in [-0.15, -0.1) is 0 Å². The first-order chi connectivity index (χ1) is 15.8. The number of nitrogens with one attached hydrogen (secondary N) is 1. The van der Waals surface area contributed by atoms with E-state index in [-0.39, 0.29) is 34.8 Å². The minimum atomic E-state index is -3.81. The van der Waals surface area contributed by atoms with Gasteiger partial charge in [0.05, 0.1) is 9.92 Å². The van der Waals surface area contributed by atoms with Crippen molar-refractivity contribution in [2.45, 2.75) is 49.2 Å². The number of hydrogen-bond acceptors (Lipinski definition) is 5. The van der Waals surface area contributed by atoms with Gasteiger partial charge >= 0.3 is 0 Å². The molecule has 3 aliphatic rings. The molecule has 1 N–H and O–H groups in total. The highest BCUT2D eigenvalue weighted by Gasteiger charge is 2.44. The summed E-state index contributed by atoms with van der Waals surface area (Å²) < 4.78 is 52.5. The van der Waals surface area contributed by atoms with Gasteiger partial charge in [0, 0.05) is 43.6 Å². The van der Waals surface area contributed by atoms with Gasteiger partial charge in [0.25, 0.3) is 5.79 Å². The number of fused-ring (bicyclic) bond motifs is 1. The topological polar surface area (TPSA) is 84.9 Å². The van der Waals surface area contributed by atoms with Crippen molar-refractivity contribution in [3.05, 3.63) is 47.2 Å². The summed E-state index contributed by atoms with van der Waals surface area (Å²) in [6.45, 7) is 0.387. The molecule has 5 rings (SSSR count). The fourth-order valence-electron chi connectivity index (χ4n) is 4.68. The number of carbonyl (C=O) groups excluding carboxylic acids is 1. The quantitative estimate of drug-likeness (QED) is 0.673. The average molecular weight is 495 g/mol. The van der Waals surface area contributed by atoms with Gasteiger partial charge in [0.1, 0.15) is 5.82 Å². The van der Waals surface area contributed by atoms with E-state index in [0.717, 1.165) is 37.8 Å². The molecule has 2 fully saturated rings. The molecule has 0 atom stereocenters. The molecule has 176 valence electrons. The molecule has 33 heavy (non-hydrogen) atoms. The Morgan fingerprint density at radius 1 is 1.06 bits per heavy atom. The second-order valence-corrected chi connectivity index (χ2v) is 11.1. The van der Waals surface area contributed by atoms with Crippen molar-refractivity contribution in [3.8, 4) is 11.5 Å². The fraction of sp³-hybridized carbons (Fsp3) is 0.435. The molecule has 1 aliphatic carbocycles. The number of benzene rings is 2. The van der Waals surface area contributed by atoms with Gasteiger partial charge in [-0.05, 0) is 56.0 Å². The van der Waals surface area contributed by atoms with Crippen LogP contribution in [0.25, 0.3) is 0 Å². The number of halogens is 2. The van der Waals surface area contributed by atoms with Crippen molar-refractivity contribution in [2.75, 3.05) is 18.4 Å². The highest BCUT2D eigenvalue weighted by Crippen LogP contribution is 2.47. The lowest BCUT2D eigenvalue weighted by Gasteiger charge is -2.30. The fourth-order valence-corrected chi connectivity index (χ4v) is 6.42. The highest BCUT2D eigenvalue weighted by atomic mass is 35.5. The molecule has 7 nitrogen and oxygen atoms in total. The minimum Gasteiger partial charge on any atom is -0.448 e. The molecule has 1 spiro atoms.